The minimum atomic E-state index is 0.596. The summed E-state index contributed by atoms with van der Waals surface area (Å²) < 4.78 is 0. The van der Waals surface area contributed by atoms with Gasteiger partial charge in [0.2, 0.25) is 0 Å². The van der Waals surface area contributed by atoms with E-state index in [0.717, 1.165) is 89.0 Å². The summed E-state index contributed by atoms with van der Waals surface area (Å²) in [6.07, 6.45) is 0. The van der Waals surface area contributed by atoms with Crippen LogP contribution >= 0.6 is 0 Å². The molecule has 0 saturated heterocycles. The molecule has 0 amide bonds. The number of rotatable bonds is 10. The average Bonchev–Trinajstić information content (AvgIpc) is 3.41. The van der Waals surface area contributed by atoms with Gasteiger partial charge in [0.15, 0.2) is 17.5 Å². The Morgan fingerprint density at radius 2 is 0.455 bits per heavy atom. The largest absolute Gasteiger partial charge is 0.208 e. The second kappa shape index (κ2) is 18.1. The summed E-state index contributed by atoms with van der Waals surface area (Å²) in [5, 5.41) is 0. The molecule has 66 heavy (non-hydrogen) atoms. The van der Waals surface area contributed by atoms with Gasteiger partial charge in [-0.2, -0.15) is 0 Å². The fraction of sp³-hybridized carbons (Fsp3) is 0. The molecule has 0 saturated carbocycles. The summed E-state index contributed by atoms with van der Waals surface area (Å²) in [4.78, 5) is 15.9. The Morgan fingerprint density at radius 1 is 0.167 bits per heavy atom. The third kappa shape index (κ3) is 8.02. The van der Waals surface area contributed by atoms with Crippen LogP contribution in [0.3, 0.4) is 0 Å². The molecule has 10 aromatic carbocycles. The normalized spacial score (nSPS) is 11.0. The molecule has 0 bridgehead atoms. The quantitative estimate of drug-likeness (QED) is 0.138. The van der Waals surface area contributed by atoms with Gasteiger partial charge in [0.05, 0.1) is 0 Å². The first-order valence-electron chi connectivity index (χ1n) is 22.4. The van der Waals surface area contributed by atoms with Crippen LogP contribution in [0.5, 0.6) is 0 Å². The maximum atomic E-state index is 5.36. The van der Waals surface area contributed by atoms with Gasteiger partial charge in [-0.3, -0.25) is 0 Å². The predicted molar refractivity (Wildman–Crippen MR) is 274 cm³/mol. The number of nitrogens with zero attached hydrogens (tertiary/aromatic N) is 3. The summed E-state index contributed by atoms with van der Waals surface area (Å²) in [5.74, 6) is 1.81. The van der Waals surface area contributed by atoms with Crippen molar-refractivity contribution in [3.8, 4) is 112 Å². The van der Waals surface area contributed by atoms with E-state index in [1.165, 1.54) is 5.56 Å². The van der Waals surface area contributed by atoms with Gasteiger partial charge in [0, 0.05) is 16.7 Å². The molecule has 0 atom stereocenters. The van der Waals surface area contributed by atoms with E-state index in [1.807, 2.05) is 12.1 Å². The molecule has 0 spiro atoms. The zero-order valence-electron chi connectivity index (χ0n) is 36.2. The number of aromatic nitrogens is 3. The summed E-state index contributed by atoms with van der Waals surface area (Å²) in [5.41, 5.74) is 18.6. The van der Waals surface area contributed by atoms with E-state index < -0.39 is 0 Å². The Bertz CT molecular complexity index is 3290. The zero-order chi connectivity index (χ0) is 44.1. The highest BCUT2D eigenvalue weighted by molar-refractivity contribution is 6.08. The molecule has 0 radical (unpaired) electrons. The third-order valence-electron chi connectivity index (χ3n) is 12.2. The molecular weight excluding hydrogens is 799 g/mol. The standard InChI is InChI=1S/C63H43N3/c1-7-21-44(22-8-1)46-35-39-52(40-36-46)61-64-62(53-41-37-47(38-42-53)45-23-9-2-10-24-45)66-63(65-61)55-34-20-19-33-54(55)57-43-56(48-25-11-3-12-26-48)58(49-27-13-4-14-28-49)60(51-31-17-6-18-32-51)59(57)50-29-15-5-16-30-50/h1-43H. The van der Waals surface area contributed by atoms with E-state index in [-0.39, 0.29) is 0 Å². The minimum absolute atomic E-state index is 0.596. The van der Waals surface area contributed by atoms with Crippen molar-refractivity contribution < 1.29 is 0 Å². The number of hydrogen-bond donors (Lipinski definition) is 0. The van der Waals surface area contributed by atoms with Crippen LogP contribution in [0.25, 0.3) is 112 Å². The molecule has 1 heterocycles. The second-order valence-corrected chi connectivity index (χ2v) is 16.3. The summed E-state index contributed by atoms with van der Waals surface area (Å²) in [7, 11) is 0. The van der Waals surface area contributed by atoms with Crippen LogP contribution in [-0.2, 0) is 0 Å². The van der Waals surface area contributed by atoms with Gasteiger partial charge in [0.1, 0.15) is 0 Å². The Balaban J connectivity index is 1.17. The van der Waals surface area contributed by atoms with Gasteiger partial charge in [-0.15, -0.1) is 0 Å². The molecule has 11 aromatic rings. The first-order chi connectivity index (χ1) is 32.7. The molecule has 0 aliphatic rings. The number of benzene rings is 10. The van der Waals surface area contributed by atoms with Crippen molar-refractivity contribution in [3.63, 3.8) is 0 Å². The van der Waals surface area contributed by atoms with Crippen molar-refractivity contribution in [1.82, 2.24) is 15.0 Å². The van der Waals surface area contributed by atoms with Crippen LogP contribution in [-0.4, -0.2) is 15.0 Å². The van der Waals surface area contributed by atoms with Gasteiger partial charge in [-0.25, -0.2) is 15.0 Å². The number of hydrogen-bond acceptors (Lipinski definition) is 3. The van der Waals surface area contributed by atoms with Crippen LogP contribution in [0.1, 0.15) is 0 Å². The molecule has 0 N–H and O–H groups in total. The fourth-order valence-electron chi connectivity index (χ4n) is 9.00. The first kappa shape index (κ1) is 40.0. The Labute approximate surface area is 386 Å². The molecular formula is C63H43N3. The Morgan fingerprint density at radius 3 is 0.879 bits per heavy atom. The highest BCUT2D eigenvalue weighted by atomic mass is 15.0. The smallest absolute Gasteiger partial charge is 0.164 e. The van der Waals surface area contributed by atoms with Crippen LogP contribution in [0.2, 0.25) is 0 Å². The molecule has 0 aliphatic carbocycles. The van der Waals surface area contributed by atoms with E-state index >= 15 is 0 Å². The molecule has 1 aromatic heterocycles. The Hall–Kier alpha value is -8.79. The highest BCUT2D eigenvalue weighted by Gasteiger charge is 2.26. The molecule has 3 nitrogen and oxygen atoms in total. The van der Waals surface area contributed by atoms with Crippen LogP contribution in [0, 0.1) is 0 Å². The van der Waals surface area contributed by atoms with Crippen LogP contribution in [0.4, 0.5) is 0 Å². The lowest BCUT2D eigenvalue weighted by atomic mass is 9.78. The molecule has 0 unspecified atom stereocenters. The maximum absolute atomic E-state index is 5.36. The van der Waals surface area contributed by atoms with Gasteiger partial charge in [-0.05, 0) is 84.0 Å². The maximum Gasteiger partial charge on any atom is 0.164 e. The van der Waals surface area contributed by atoms with Gasteiger partial charge >= 0.3 is 0 Å². The van der Waals surface area contributed by atoms with E-state index in [9.17, 15) is 0 Å². The first-order valence-corrected chi connectivity index (χ1v) is 22.4. The minimum Gasteiger partial charge on any atom is -0.208 e. The van der Waals surface area contributed by atoms with Crippen LogP contribution < -0.4 is 0 Å². The van der Waals surface area contributed by atoms with E-state index in [0.29, 0.717) is 17.5 Å². The van der Waals surface area contributed by atoms with Crippen LogP contribution in [0.15, 0.2) is 261 Å². The lowest BCUT2D eigenvalue weighted by molar-refractivity contribution is 1.07. The lowest BCUT2D eigenvalue weighted by Crippen LogP contribution is -2.02. The summed E-state index contributed by atoms with van der Waals surface area (Å²) >= 11 is 0. The summed E-state index contributed by atoms with van der Waals surface area (Å²) in [6.45, 7) is 0. The summed E-state index contributed by atoms with van der Waals surface area (Å²) in [6, 6.07) is 92.1. The molecule has 310 valence electrons. The van der Waals surface area contributed by atoms with Gasteiger partial charge < -0.3 is 0 Å². The van der Waals surface area contributed by atoms with Crippen molar-refractivity contribution in [2.75, 3.05) is 0 Å². The molecule has 11 rings (SSSR count). The van der Waals surface area contributed by atoms with E-state index in [2.05, 4.69) is 249 Å². The van der Waals surface area contributed by atoms with Gasteiger partial charge in [0.25, 0.3) is 0 Å². The molecule has 0 aliphatic heterocycles. The second-order valence-electron chi connectivity index (χ2n) is 16.3. The third-order valence-corrected chi connectivity index (χ3v) is 12.2. The van der Waals surface area contributed by atoms with Crippen molar-refractivity contribution in [2.45, 2.75) is 0 Å². The Kier molecular flexibility index (Phi) is 11.0. The van der Waals surface area contributed by atoms with E-state index in [1.54, 1.807) is 0 Å². The van der Waals surface area contributed by atoms with Gasteiger partial charge in [-0.1, -0.05) is 255 Å². The molecule has 3 heteroatoms. The lowest BCUT2D eigenvalue weighted by Gasteiger charge is -2.25. The van der Waals surface area contributed by atoms with Crippen molar-refractivity contribution in [3.05, 3.63) is 261 Å². The highest BCUT2D eigenvalue weighted by Crippen LogP contribution is 2.51. The SMILES string of the molecule is c1ccc(-c2ccc(-c3nc(-c4ccc(-c5ccccc5)cc4)nc(-c4ccccc4-c4cc(-c5ccccc5)c(-c5ccccc5)c(-c5ccccc5)c4-c4ccccc4)n3)cc2)cc1. The average molecular weight is 842 g/mol. The van der Waals surface area contributed by atoms with Crippen molar-refractivity contribution in [2.24, 2.45) is 0 Å². The fourth-order valence-corrected chi connectivity index (χ4v) is 9.00. The van der Waals surface area contributed by atoms with Crippen molar-refractivity contribution >= 4 is 0 Å². The molecule has 0 fully saturated rings. The predicted octanol–water partition coefficient (Wildman–Crippen LogP) is 16.5. The monoisotopic (exact) mass is 841 g/mol. The topological polar surface area (TPSA) is 38.7 Å². The van der Waals surface area contributed by atoms with Crippen molar-refractivity contribution in [1.29, 1.82) is 0 Å². The zero-order valence-corrected chi connectivity index (χ0v) is 36.2. The van der Waals surface area contributed by atoms with E-state index in [4.69, 9.17) is 15.0 Å².